The molecule has 1 atom stereocenters. The van der Waals surface area contributed by atoms with Crippen molar-refractivity contribution < 1.29 is 18.7 Å². The Bertz CT molecular complexity index is 1320. The molecule has 4 rings (SSSR count). The second kappa shape index (κ2) is 10.1. The first-order valence-electron chi connectivity index (χ1n) is 10.6. The Kier molecular flexibility index (Phi) is 6.75. The van der Waals surface area contributed by atoms with Gasteiger partial charge in [-0.3, -0.25) is 9.78 Å². The largest absolute Gasteiger partial charge is 0.423 e. The predicted octanol–water partition coefficient (Wildman–Crippen LogP) is 5.38. The van der Waals surface area contributed by atoms with Crippen molar-refractivity contribution in [3.05, 3.63) is 114 Å². The number of nitrogens with zero attached hydrogens (tertiary/aromatic N) is 1. The van der Waals surface area contributed by atoms with Crippen LogP contribution in [0.5, 0.6) is 5.75 Å². The molecule has 0 radical (unpaired) electrons. The third-order valence-electron chi connectivity index (χ3n) is 5.18. The lowest BCUT2D eigenvalue weighted by Crippen LogP contribution is -2.14. The molecule has 4 aromatic rings. The second-order valence-corrected chi connectivity index (χ2v) is 7.70. The van der Waals surface area contributed by atoms with Crippen LogP contribution in [0.15, 0.2) is 91.3 Å². The number of hydrogen-bond donors (Lipinski definition) is 2. The summed E-state index contributed by atoms with van der Waals surface area (Å²) in [6, 6.07) is 20.4. The maximum absolute atomic E-state index is 13.1. The van der Waals surface area contributed by atoms with Gasteiger partial charge in [0.25, 0.3) is 5.91 Å². The number of halogens is 1. The lowest BCUT2D eigenvalue weighted by atomic mass is 9.92. The molecule has 1 amide bonds. The van der Waals surface area contributed by atoms with Crippen LogP contribution in [0.25, 0.3) is 11.1 Å². The van der Waals surface area contributed by atoms with Crippen LogP contribution in [0.3, 0.4) is 0 Å². The number of nitrogens with one attached hydrogen (secondary N) is 1. The van der Waals surface area contributed by atoms with Gasteiger partial charge in [-0.15, -0.1) is 0 Å². The molecule has 0 aliphatic rings. The fourth-order valence-electron chi connectivity index (χ4n) is 3.47. The average molecular weight is 455 g/mol. The minimum absolute atomic E-state index is 0.239. The molecule has 0 aliphatic heterocycles. The Labute approximate surface area is 196 Å². The molecular formula is C27H22FN3O3. The lowest BCUT2D eigenvalue weighted by molar-refractivity contribution is 0.0734. The van der Waals surface area contributed by atoms with E-state index in [1.165, 1.54) is 24.3 Å². The number of aromatic nitrogens is 1. The maximum Gasteiger partial charge on any atom is 0.343 e. The van der Waals surface area contributed by atoms with E-state index in [0.29, 0.717) is 22.4 Å². The van der Waals surface area contributed by atoms with Crippen LogP contribution in [0.2, 0.25) is 0 Å². The van der Waals surface area contributed by atoms with Gasteiger partial charge in [0.1, 0.15) is 11.6 Å². The number of hydrogen-bond acceptors (Lipinski definition) is 5. The molecule has 170 valence electrons. The smallest absolute Gasteiger partial charge is 0.343 e. The SMILES string of the molecule is CC(N)c1ccc(C(=O)Nc2ccncc2)cc1-c1cccc(C(=O)Oc2ccc(F)cc2)c1. The molecule has 7 heteroatoms. The van der Waals surface area contributed by atoms with E-state index in [9.17, 15) is 14.0 Å². The molecule has 0 saturated heterocycles. The van der Waals surface area contributed by atoms with E-state index in [0.717, 1.165) is 11.1 Å². The summed E-state index contributed by atoms with van der Waals surface area (Å²) in [4.78, 5) is 29.4. The molecule has 0 bridgehead atoms. The maximum atomic E-state index is 13.1. The molecule has 3 N–H and O–H groups in total. The third-order valence-corrected chi connectivity index (χ3v) is 5.18. The molecule has 0 fully saturated rings. The highest BCUT2D eigenvalue weighted by atomic mass is 19.1. The van der Waals surface area contributed by atoms with Gasteiger partial charge in [-0.25, -0.2) is 9.18 Å². The first-order valence-corrected chi connectivity index (χ1v) is 10.6. The fraction of sp³-hybridized carbons (Fsp3) is 0.0741. The minimum Gasteiger partial charge on any atom is -0.423 e. The summed E-state index contributed by atoms with van der Waals surface area (Å²) in [5.41, 5.74) is 9.82. The summed E-state index contributed by atoms with van der Waals surface area (Å²) in [6.45, 7) is 1.85. The topological polar surface area (TPSA) is 94.3 Å². The van der Waals surface area contributed by atoms with Crippen molar-refractivity contribution >= 4 is 17.6 Å². The number of carbonyl (C=O) groups is 2. The van der Waals surface area contributed by atoms with Crippen molar-refractivity contribution in [1.82, 2.24) is 4.98 Å². The van der Waals surface area contributed by atoms with Crippen LogP contribution in [-0.2, 0) is 0 Å². The summed E-state index contributed by atoms with van der Waals surface area (Å²) < 4.78 is 18.5. The highest BCUT2D eigenvalue weighted by molar-refractivity contribution is 6.05. The zero-order valence-electron chi connectivity index (χ0n) is 18.4. The van der Waals surface area contributed by atoms with E-state index in [2.05, 4.69) is 10.3 Å². The van der Waals surface area contributed by atoms with Gasteiger partial charge in [0.15, 0.2) is 0 Å². The highest BCUT2D eigenvalue weighted by Gasteiger charge is 2.16. The fourth-order valence-corrected chi connectivity index (χ4v) is 3.47. The Morgan fingerprint density at radius 3 is 2.38 bits per heavy atom. The van der Waals surface area contributed by atoms with Gasteiger partial charge >= 0.3 is 5.97 Å². The summed E-state index contributed by atoms with van der Waals surface area (Å²) in [5.74, 6) is -1.04. The van der Waals surface area contributed by atoms with E-state index in [4.69, 9.17) is 10.5 Å². The van der Waals surface area contributed by atoms with Crippen molar-refractivity contribution in [2.45, 2.75) is 13.0 Å². The highest BCUT2D eigenvalue weighted by Crippen LogP contribution is 2.30. The van der Waals surface area contributed by atoms with E-state index < -0.39 is 11.8 Å². The number of carbonyl (C=O) groups excluding carboxylic acids is 2. The standard InChI is InChI=1S/C27H22FN3O3/c1-17(29)24-10-5-19(26(32)31-22-11-13-30-14-12-22)16-25(24)18-3-2-4-20(15-18)27(33)34-23-8-6-21(28)7-9-23/h2-17H,29H2,1H3,(H,30,31,32). The van der Waals surface area contributed by atoms with Crippen LogP contribution in [0.1, 0.15) is 39.2 Å². The summed E-state index contributed by atoms with van der Waals surface area (Å²) in [5, 5.41) is 2.84. The van der Waals surface area contributed by atoms with Crippen LogP contribution in [0.4, 0.5) is 10.1 Å². The summed E-state index contributed by atoms with van der Waals surface area (Å²) in [7, 11) is 0. The zero-order chi connectivity index (χ0) is 24.1. The summed E-state index contributed by atoms with van der Waals surface area (Å²) >= 11 is 0. The Morgan fingerprint density at radius 2 is 1.68 bits per heavy atom. The first kappa shape index (κ1) is 22.8. The van der Waals surface area contributed by atoms with Crippen molar-refractivity contribution in [1.29, 1.82) is 0 Å². The van der Waals surface area contributed by atoms with Gasteiger partial charge in [-0.1, -0.05) is 18.2 Å². The van der Waals surface area contributed by atoms with Crippen molar-refractivity contribution in [3.8, 4) is 16.9 Å². The molecule has 0 aliphatic carbocycles. The molecule has 34 heavy (non-hydrogen) atoms. The Balaban J connectivity index is 1.64. The molecule has 6 nitrogen and oxygen atoms in total. The van der Waals surface area contributed by atoms with Crippen molar-refractivity contribution in [2.75, 3.05) is 5.32 Å². The average Bonchev–Trinajstić information content (AvgIpc) is 2.85. The van der Waals surface area contributed by atoms with E-state index >= 15 is 0 Å². The number of rotatable bonds is 6. The molecule has 1 heterocycles. The molecule has 1 unspecified atom stereocenters. The third kappa shape index (κ3) is 5.33. The Morgan fingerprint density at radius 1 is 0.941 bits per heavy atom. The van der Waals surface area contributed by atoms with Gasteiger partial charge in [-0.2, -0.15) is 0 Å². The van der Waals surface area contributed by atoms with Crippen molar-refractivity contribution in [3.63, 3.8) is 0 Å². The van der Waals surface area contributed by atoms with E-state index in [1.807, 2.05) is 19.1 Å². The van der Waals surface area contributed by atoms with E-state index in [1.54, 1.807) is 54.9 Å². The van der Waals surface area contributed by atoms with Gasteiger partial charge in [0.2, 0.25) is 0 Å². The molecule has 1 aromatic heterocycles. The number of amides is 1. The quantitative estimate of drug-likeness (QED) is 0.301. The number of esters is 1. The van der Waals surface area contributed by atoms with Gasteiger partial charge in [0.05, 0.1) is 5.56 Å². The number of pyridine rings is 1. The minimum atomic E-state index is -0.581. The summed E-state index contributed by atoms with van der Waals surface area (Å²) in [6.07, 6.45) is 3.19. The number of benzene rings is 3. The molecule has 0 saturated carbocycles. The van der Waals surface area contributed by atoms with Crippen LogP contribution >= 0.6 is 0 Å². The van der Waals surface area contributed by atoms with E-state index in [-0.39, 0.29) is 17.7 Å². The zero-order valence-corrected chi connectivity index (χ0v) is 18.4. The van der Waals surface area contributed by atoms with Crippen LogP contribution in [-0.4, -0.2) is 16.9 Å². The Hall–Kier alpha value is -4.36. The lowest BCUT2D eigenvalue weighted by Gasteiger charge is -2.16. The normalized spacial score (nSPS) is 11.5. The number of anilines is 1. The van der Waals surface area contributed by atoms with Gasteiger partial charge < -0.3 is 15.8 Å². The molecule has 3 aromatic carbocycles. The molecular weight excluding hydrogens is 433 g/mol. The van der Waals surface area contributed by atoms with Crippen molar-refractivity contribution in [2.24, 2.45) is 5.73 Å². The number of ether oxygens (including phenoxy) is 1. The van der Waals surface area contributed by atoms with Crippen LogP contribution in [0, 0.1) is 5.82 Å². The van der Waals surface area contributed by atoms with Gasteiger partial charge in [-0.05, 0) is 84.3 Å². The number of nitrogens with two attached hydrogens (primary N) is 1. The second-order valence-electron chi connectivity index (χ2n) is 7.70. The monoisotopic (exact) mass is 455 g/mol. The van der Waals surface area contributed by atoms with Gasteiger partial charge in [0, 0.05) is 29.7 Å². The molecule has 0 spiro atoms. The first-order chi connectivity index (χ1) is 16.4. The predicted molar refractivity (Wildman–Crippen MR) is 128 cm³/mol. The van der Waals surface area contributed by atoms with Crippen LogP contribution < -0.4 is 15.8 Å².